The zero-order chi connectivity index (χ0) is 22.0. The molecule has 2 atom stereocenters. The molecule has 4 rings (SSSR count). The molecule has 1 amide bonds. The van der Waals surface area contributed by atoms with Gasteiger partial charge in [0.05, 0.1) is 13.2 Å². The van der Waals surface area contributed by atoms with Crippen molar-refractivity contribution in [3.8, 4) is 5.75 Å². The minimum Gasteiger partial charge on any atom is -0.497 e. The van der Waals surface area contributed by atoms with Gasteiger partial charge in [-0.1, -0.05) is 48.0 Å². The van der Waals surface area contributed by atoms with Crippen molar-refractivity contribution in [3.63, 3.8) is 0 Å². The topological polar surface area (TPSA) is 76.6 Å². The number of rotatable bonds is 6. The lowest BCUT2D eigenvalue weighted by Gasteiger charge is -2.27. The Balaban J connectivity index is 1.77. The van der Waals surface area contributed by atoms with Crippen molar-refractivity contribution in [1.29, 1.82) is 0 Å². The van der Waals surface area contributed by atoms with Crippen LogP contribution in [0.15, 0.2) is 73.1 Å². The molecular formula is C25H22N2O4. The summed E-state index contributed by atoms with van der Waals surface area (Å²) in [6, 6.07) is 17.1. The standard InChI is InChI=1S/C25H22N2O4/c1-16-5-7-19(8-6-16)23(28)21-22(18-9-11-20(31-2)12-10-18)27(25(30)24(21)29)15-17-4-3-13-26-14-17/h3-14,21-22H,15H2,1-2H3. The van der Waals surface area contributed by atoms with Gasteiger partial charge in [-0.25, -0.2) is 0 Å². The average molecular weight is 414 g/mol. The molecule has 6 heteroatoms. The first-order valence-corrected chi connectivity index (χ1v) is 9.98. The van der Waals surface area contributed by atoms with Crippen molar-refractivity contribution < 1.29 is 19.1 Å². The van der Waals surface area contributed by atoms with Crippen LogP contribution in [-0.2, 0) is 16.1 Å². The second kappa shape index (κ2) is 8.52. The van der Waals surface area contributed by atoms with E-state index in [1.807, 2.05) is 25.1 Å². The van der Waals surface area contributed by atoms with E-state index in [1.165, 1.54) is 4.90 Å². The molecule has 0 bridgehead atoms. The quantitative estimate of drug-likeness (QED) is 0.350. The number of methoxy groups -OCH3 is 1. The van der Waals surface area contributed by atoms with E-state index in [2.05, 4.69) is 4.98 Å². The minimum absolute atomic E-state index is 0.187. The third-order valence-electron chi connectivity index (χ3n) is 5.56. The molecule has 2 unspecified atom stereocenters. The Morgan fingerprint density at radius 2 is 1.74 bits per heavy atom. The Hall–Kier alpha value is -3.80. The Morgan fingerprint density at radius 1 is 1.03 bits per heavy atom. The van der Waals surface area contributed by atoms with E-state index in [9.17, 15) is 14.4 Å². The lowest BCUT2D eigenvalue weighted by atomic mass is 9.86. The molecule has 1 aliphatic rings. The predicted molar refractivity (Wildman–Crippen MR) is 115 cm³/mol. The van der Waals surface area contributed by atoms with Crippen LogP contribution in [0.25, 0.3) is 0 Å². The number of carbonyl (C=O) groups excluding carboxylic acids is 3. The largest absolute Gasteiger partial charge is 0.497 e. The molecule has 1 aliphatic heterocycles. The molecule has 3 aromatic rings. The summed E-state index contributed by atoms with van der Waals surface area (Å²) in [7, 11) is 1.57. The van der Waals surface area contributed by atoms with Gasteiger partial charge >= 0.3 is 0 Å². The summed E-state index contributed by atoms with van der Waals surface area (Å²) >= 11 is 0. The fraction of sp³-hybridized carbons (Fsp3) is 0.200. The monoisotopic (exact) mass is 414 g/mol. The molecule has 0 spiro atoms. The zero-order valence-electron chi connectivity index (χ0n) is 17.3. The third-order valence-corrected chi connectivity index (χ3v) is 5.56. The highest BCUT2D eigenvalue weighted by Crippen LogP contribution is 2.39. The second-order valence-corrected chi connectivity index (χ2v) is 7.58. The van der Waals surface area contributed by atoms with Gasteiger partial charge in [-0.05, 0) is 36.2 Å². The predicted octanol–water partition coefficient (Wildman–Crippen LogP) is 3.55. The summed E-state index contributed by atoms with van der Waals surface area (Å²) in [4.78, 5) is 45.0. The third kappa shape index (κ3) is 3.97. The van der Waals surface area contributed by atoms with Gasteiger partial charge in [0.2, 0.25) is 5.78 Å². The maximum absolute atomic E-state index is 13.4. The number of hydrogen-bond acceptors (Lipinski definition) is 5. The second-order valence-electron chi connectivity index (χ2n) is 7.58. The summed E-state index contributed by atoms with van der Waals surface area (Å²) in [5.41, 5.74) is 2.91. The first-order chi connectivity index (χ1) is 15.0. The van der Waals surface area contributed by atoms with E-state index >= 15 is 0 Å². The number of likely N-dealkylation sites (tertiary alicyclic amines) is 1. The molecule has 2 aromatic carbocycles. The number of benzene rings is 2. The van der Waals surface area contributed by atoms with Crippen LogP contribution in [-0.4, -0.2) is 34.5 Å². The lowest BCUT2D eigenvalue weighted by Crippen LogP contribution is -2.30. The van der Waals surface area contributed by atoms with Crippen LogP contribution in [0.1, 0.15) is 33.1 Å². The van der Waals surface area contributed by atoms with Gasteiger partial charge in [-0.2, -0.15) is 0 Å². The minimum atomic E-state index is -1.11. The maximum atomic E-state index is 13.4. The van der Waals surface area contributed by atoms with Gasteiger partial charge in [-0.3, -0.25) is 19.4 Å². The molecule has 1 aromatic heterocycles. The summed E-state index contributed by atoms with van der Waals surface area (Å²) < 4.78 is 5.23. The van der Waals surface area contributed by atoms with Crippen molar-refractivity contribution in [2.45, 2.75) is 19.5 Å². The van der Waals surface area contributed by atoms with E-state index in [1.54, 1.807) is 62.0 Å². The van der Waals surface area contributed by atoms with Crippen LogP contribution in [0, 0.1) is 12.8 Å². The Labute approximate surface area is 180 Å². The van der Waals surface area contributed by atoms with Crippen LogP contribution in [0.4, 0.5) is 0 Å². The number of hydrogen-bond donors (Lipinski definition) is 0. The van der Waals surface area contributed by atoms with Gasteiger partial charge in [0, 0.05) is 24.5 Å². The highest BCUT2D eigenvalue weighted by Gasteiger charge is 2.51. The van der Waals surface area contributed by atoms with E-state index in [4.69, 9.17) is 4.74 Å². The first kappa shape index (κ1) is 20.5. The number of aromatic nitrogens is 1. The lowest BCUT2D eigenvalue weighted by molar-refractivity contribution is -0.141. The molecule has 0 radical (unpaired) electrons. The van der Waals surface area contributed by atoms with Gasteiger partial charge in [0.1, 0.15) is 11.7 Å². The molecule has 2 heterocycles. The highest BCUT2D eigenvalue weighted by molar-refractivity contribution is 6.44. The molecule has 0 N–H and O–H groups in total. The van der Waals surface area contributed by atoms with Crippen LogP contribution < -0.4 is 4.74 Å². The number of pyridine rings is 1. The van der Waals surface area contributed by atoms with E-state index in [0.29, 0.717) is 16.9 Å². The summed E-state index contributed by atoms with van der Waals surface area (Å²) in [5, 5.41) is 0. The molecule has 1 saturated heterocycles. The summed E-state index contributed by atoms with van der Waals surface area (Å²) in [6.07, 6.45) is 3.29. The molecule has 156 valence electrons. The van der Waals surface area contributed by atoms with Crippen LogP contribution >= 0.6 is 0 Å². The van der Waals surface area contributed by atoms with Gasteiger partial charge in [-0.15, -0.1) is 0 Å². The maximum Gasteiger partial charge on any atom is 0.291 e. The van der Waals surface area contributed by atoms with Crippen molar-refractivity contribution in [3.05, 3.63) is 95.3 Å². The molecule has 6 nitrogen and oxygen atoms in total. The van der Waals surface area contributed by atoms with Gasteiger partial charge in [0.25, 0.3) is 5.91 Å². The number of carbonyl (C=O) groups is 3. The van der Waals surface area contributed by atoms with Crippen molar-refractivity contribution in [1.82, 2.24) is 9.88 Å². The van der Waals surface area contributed by atoms with Crippen molar-refractivity contribution >= 4 is 17.5 Å². The Kier molecular flexibility index (Phi) is 5.62. The SMILES string of the molecule is COc1ccc(C2C(C(=O)c3ccc(C)cc3)C(=O)C(=O)N2Cc2cccnc2)cc1. The molecular weight excluding hydrogens is 392 g/mol. The molecule has 31 heavy (non-hydrogen) atoms. The van der Waals surface area contributed by atoms with Crippen LogP contribution in [0.2, 0.25) is 0 Å². The van der Waals surface area contributed by atoms with Crippen molar-refractivity contribution in [2.24, 2.45) is 5.92 Å². The number of ether oxygens (including phenoxy) is 1. The summed E-state index contributed by atoms with van der Waals surface area (Å²) in [6.45, 7) is 2.11. The highest BCUT2D eigenvalue weighted by atomic mass is 16.5. The number of Topliss-reactive ketones (excluding diaryl/α,β-unsaturated/α-hetero) is 2. The fourth-order valence-corrected chi connectivity index (χ4v) is 3.92. The molecule has 0 aliphatic carbocycles. The number of nitrogens with zero attached hydrogens (tertiary/aromatic N) is 2. The molecule has 1 fully saturated rings. The van der Waals surface area contributed by atoms with E-state index < -0.39 is 23.7 Å². The fourth-order valence-electron chi connectivity index (χ4n) is 3.92. The average Bonchev–Trinajstić information content (AvgIpc) is 3.05. The summed E-state index contributed by atoms with van der Waals surface area (Å²) in [5.74, 6) is -2.15. The van der Waals surface area contributed by atoms with Gasteiger partial charge < -0.3 is 9.64 Å². The van der Waals surface area contributed by atoms with Crippen LogP contribution in [0.5, 0.6) is 5.75 Å². The zero-order valence-corrected chi connectivity index (χ0v) is 17.3. The number of aryl methyl sites for hydroxylation is 1. The van der Waals surface area contributed by atoms with E-state index in [-0.39, 0.29) is 12.3 Å². The first-order valence-electron chi connectivity index (χ1n) is 9.98. The van der Waals surface area contributed by atoms with E-state index in [0.717, 1.165) is 11.1 Å². The smallest absolute Gasteiger partial charge is 0.291 e. The van der Waals surface area contributed by atoms with Gasteiger partial charge in [0.15, 0.2) is 5.78 Å². The van der Waals surface area contributed by atoms with Crippen molar-refractivity contribution in [2.75, 3.05) is 7.11 Å². The number of ketones is 2. The molecule has 0 saturated carbocycles. The normalized spacial score (nSPS) is 18.3. The van der Waals surface area contributed by atoms with Crippen LogP contribution in [0.3, 0.4) is 0 Å². The Morgan fingerprint density at radius 3 is 2.35 bits per heavy atom. The number of amides is 1. The Bertz CT molecular complexity index is 1110.